The minimum absolute atomic E-state index is 0.966. The molecule has 0 saturated heterocycles. The normalized spacial score (nSPS) is 15.2. The van der Waals surface area contributed by atoms with Gasteiger partial charge in [-0.1, -0.05) is 111 Å². The van der Waals surface area contributed by atoms with Crippen LogP contribution < -0.4 is 25.3 Å². The maximum atomic E-state index is 7.17. The van der Waals surface area contributed by atoms with Crippen LogP contribution >= 0.6 is 0 Å². The number of fused-ring (bicyclic) bond motifs is 9. The molecule has 2 aliphatic heterocycles. The first-order chi connectivity index (χ1) is 21.7. The van der Waals surface area contributed by atoms with Crippen LogP contribution in [0.25, 0.3) is 66.6 Å². The van der Waals surface area contributed by atoms with Crippen LogP contribution in [0, 0.1) is 6.92 Å². The monoisotopic (exact) mass is 614 g/mol. The van der Waals surface area contributed by atoms with Crippen LogP contribution in [0.15, 0.2) is 114 Å². The maximum Gasteiger partial charge on any atom is 0.216 e. The average Bonchev–Trinajstić information content (AvgIpc) is 3.61. The molecular weight excluding hydrogens is 579 g/mol. The van der Waals surface area contributed by atoms with Crippen molar-refractivity contribution in [3.8, 4) is 44.6 Å². The van der Waals surface area contributed by atoms with Crippen LogP contribution in [0.1, 0.15) is 5.56 Å². The van der Waals surface area contributed by atoms with Crippen molar-refractivity contribution >= 4 is 58.8 Å². The fourth-order valence-corrected chi connectivity index (χ4v) is 14.8. The number of pyridine rings is 1. The summed E-state index contributed by atoms with van der Waals surface area (Å²) in [5, 5.41) is 8.59. The molecule has 0 atom stereocenters. The Bertz CT molecular complexity index is 2330. The third-order valence-corrected chi connectivity index (χ3v) is 17.9. The van der Waals surface area contributed by atoms with E-state index in [0.717, 1.165) is 16.9 Å². The van der Waals surface area contributed by atoms with E-state index >= 15 is 0 Å². The van der Waals surface area contributed by atoms with Gasteiger partial charge in [0, 0.05) is 34.0 Å². The predicted molar refractivity (Wildman–Crippen MR) is 195 cm³/mol. The Labute approximate surface area is 266 Å². The summed E-state index contributed by atoms with van der Waals surface area (Å²) in [5.74, 6) is 0. The number of hydrogen-bond donors (Lipinski definition) is 0. The van der Waals surface area contributed by atoms with Crippen molar-refractivity contribution in [3.05, 3.63) is 115 Å². The standard InChI is InChI=1S/C41H36NOSi2/c1-25-21-22-27-26-16-13-17-30(40(26)43-41(27)36(25)31-18-11-12-23-42(31)2)39-37-28-14-7-9-19-32(28)44(3,4)34(37)24-35-38(39)29-15-8-10-20-33(29)45(35,5)6/h7-24H,1-6H3/q+1. The second-order valence-corrected chi connectivity index (χ2v) is 22.7. The molecule has 5 aromatic carbocycles. The van der Waals surface area contributed by atoms with Gasteiger partial charge in [-0.3, -0.25) is 0 Å². The zero-order chi connectivity index (χ0) is 30.8. The number of nitrogens with zero attached hydrogens (tertiary/aromatic N) is 1. The predicted octanol–water partition coefficient (Wildman–Crippen LogP) is 7.66. The van der Waals surface area contributed by atoms with Crippen molar-refractivity contribution < 1.29 is 8.98 Å². The molecule has 0 radical (unpaired) electrons. The molecular formula is C41H36NOSi2+. The topological polar surface area (TPSA) is 17.0 Å². The van der Waals surface area contributed by atoms with Gasteiger partial charge >= 0.3 is 0 Å². The number of aromatic nitrogens is 1. The van der Waals surface area contributed by atoms with E-state index in [1.807, 2.05) is 0 Å². The molecule has 2 nitrogen and oxygen atoms in total. The molecule has 45 heavy (non-hydrogen) atoms. The lowest BCUT2D eigenvalue weighted by molar-refractivity contribution is -0.660. The number of benzene rings is 5. The molecule has 0 N–H and O–H groups in total. The molecule has 4 heterocycles. The molecule has 0 fully saturated rings. The Hall–Kier alpha value is -4.52. The van der Waals surface area contributed by atoms with Gasteiger partial charge in [0.1, 0.15) is 34.4 Å². The summed E-state index contributed by atoms with van der Waals surface area (Å²) < 4.78 is 9.36. The van der Waals surface area contributed by atoms with Gasteiger partial charge in [0.25, 0.3) is 0 Å². The fraction of sp³-hybridized carbons (Fsp3) is 0.146. The molecule has 0 amide bonds. The van der Waals surface area contributed by atoms with Gasteiger partial charge in [-0.25, -0.2) is 4.57 Å². The van der Waals surface area contributed by atoms with Crippen LogP contribution in [0.4, 0.5) is 0 Å². The zero-order valence-corrected chi connectivity index (χ0v) is 28.7. The Kier molecular flexibility index (Phi) is 5.39. The fourth-order valence-electron chi connectivity index (χ4n) is 8.54. The minimum Gasteiger partial charge on any atom is -0.454 e. The summed E-state index contributed by atoms with van der Waals surface area (Å²) in [7, 11) is -1.75. The average molecular weight is 615 g/mol. The highest BCUT2D eigenvalue weighted by Gasteiger charge is 2.46. The Balaban J connectivity index is 1.46. The third-order valence-electron chi connectivity index (χ3n) is 10.9. The van der Waals surface area contributed by atoms with Crippen LogP contribution in [0.2, 0.25) is 26.2 Å². The molecule has 0 saturated carbocycles. The van der Waals surface area contributed by atoms with Crippen molar-refractivity contribution in [2.45, 2.75) is 33.1 Å². The Morgan fingerprint density at radius 2 is 1.09 bits per heavy atom. The highest BCUT2D eigenvalue weighted by Crippen LogP contribution is 2.48. The largest absolute Gasteiger partial charge is 0.454 e. The summed E-state index contributed by atoms with van der Waals surface area (Å²) in [6, 6.07) is 38.8. The highest BCUT2D eigenvalue weighted by molar-refractivity contribution is 7.07. The van der Waals surface area contributed by atoms with Crippen molar-refractivity contribution in [2.75, 3.05) is 0 Å². The molecule has 2 aromatic heterocycles. The highest BCUT2D eigenvalue weighted by atomic mass is 28.3. The van der Waals surface area contributed by atoms with Gasteiger partial charge in [-0.15, -0.1) is 0 Å². The molecule has 0 unspecified atom stereocenters. The number of aryl methyl sites for hydroxylation is 2. The number of para-hydroxylation sites is 1. The SMILES string of the molecule is Cc1ccc2c(oc3c(-c4c5c(cc6c4-c4ccccc4[Si]6(C)C)[Si](C)(C)c4ccccc4-5)cccc32)c1-c1cccc[n+]1C. The van der Waals surface area contributed by atoms with E-state index in [1.54, 1.807) is 20.7 Å². The van der Waals surface area contributed by atoms with Gasteiger partial charge in [0.05, 0.1) is 5.56 Å². The zero-order valence-electron chi connectivity index (χ0n) is 26.7. The molecule has 9 rings (SSSR count). The summed E-state index contributed by atoms with van der Waals surface area (Å²) in [6.45, 7) is 12.4. The number of rotatable bonds is 2. The van der Waals surface area contributed by atoms with E-state index in [1.165, 1.54) is 55.3 Å². The number of furan rings is 1. The third kappa shape index (κ3) is 3.41. The van der Waals surface area contributed by atoms with E-state index in [4.69, 9.17) is 4.42 Å². The van der Waals surface area contributed by atoms with Crippen LogP contribution in [0.3, 0.4) is 0 Å². The minimum atomic E-state index is -1.93. The van der Waals surface area contributed by atoms with Gasteiger partial charge < -0.3 is 4.42 Å². The molecule has 218 valence electrons. The number of hydrogen-bond acceptors (Lipinski definition) is 1. The van der Waals surface area contributed by atoms with Crippen molar-refractivity contribution in [3.63, 3.8) is 0 Å². The van der Waals surface area contributed by atoms with Crippen molar-refractivity contribution in [2.24, 2.45) is 7.05 Å². The van der Waals surface area contributed by atoms with Crippen molar-refractivity contribution in [1.29, 1.82) is 0 Å². The van der Waals surface area contributed by atoms with E-state index in [-0.39, 0.29) is 0 Å². The second-order valence-electron chi connectivity index (χ2n) is 14.1. The van der Waals surface area contributed by atoms with Crippen LogP contribution in [-0.4, -0.2) is 16.1 Å². The van der Waals surface area contributed by atoms with Gasteiger partial charge in [0.15, 0.2) is 6.20 Å². The summed E-state index contributed by atoms with van der Waals surface area (Å²) in [6.07, 6.45) is 2.12. The van der Waals surface area contributed by atoms with E-state index in [2.05, 4.69) is 154 Å². The first-order valence-electron chi connectivity index (χ1n) is 16.0. The van der Waals surface area contributed by atoms with Gasteiger partial charge in [-0.2, -0.15) is 0 Å². The van der Waals surface area contributed by atoms with Crippen LogP contribution in [0.5, 0.6) is 0 Å². The van der Waals surface area contributed by atoms with Crippen LogP contribution in [-0.2, 0) is 7.05 Å². The van der Waals surface area contributed by atoms with Gasteiger partial charge in [-0.05, 0) is 61.6 Å². The molecule has 4 heteroatoms. The lowest BCUT2D eigenvalue weighted by Gasteiger charge is -2.25. The first kappa shape index (κ1) is 26.8. The van der Waals surface area contributed by atoms with E-state index in [9.17, 15) is 0 Å². The summed E-state index contributed by atoms with van der Waals surface area (Å²) >= 11 is 0. The smallest absolute Gasteiger partial charge is 0.216 e. The Morgan fingerprint density at radius 1 is 0.511 bits per heavy atom. The lowest BCUT2D eigenvalue weighted by Crippen LogP contribution is -2.54. The van der Waals surface area contributed by atoms with Crippen molar-refractivity contribution in [1.82, 2.24) is 0 Å². The molecule has 0 bridgehead atoms. The molecule has 0 aliphatic carbocycles. The molecule has 2 aliphatic rings. The molecule has 0 spiro atoms. The van der Waals surface area contributed by atoms with Gasteiger partial charge in [0.2, 0.25) is 5.69 Å². The molecule has 7 aromatic rings. The quantitative estimate of drug-likeness (QED) is 0.144. The second kappa shape index (κ2) is 9.03. The first-order valence-corrected chi connectivity index (χ1v) is 22.0. The lowest BCUT2D eigenvalue weighted by atomic mass is 9.87. The van der Waals surface area contributed by atoms with E-state index in [0.29, 0.717) is 0 Å². The Morgan fingerprint density at radius 3 is 1.73 bits per heavy atom. The maximum absolute atomic E-state index is 7.17. The van der Waals surface area contributed by atoms with E-state index < -0.39 is 16.1 Å². The summed E-state index contributed by atoms with van der Waals surface area (Å²) in [4.78, 5) is 0. The summed E-state index contributed by atoms with van der Waals surface area (Å²) in [5.41, 5.74) is 13.8.